The summed E-state index contributed by atoms with van der Waals surface area (Å²) in [7, 11) is 1.20. The molecule has 0 aliphatic carbocycles. The van der Waals surface area contributed by atoms with E-state index in [2.05, 4.69) is 21.9 Å². The number of benzene rings is 1. The van der Waals surface area contributed by atoms with E-state index in [-0.39, 0.29) is 12.8 Å². The third kappa shape index (κ3) is 12.4. The number of amides is 4. The van der Waals surface area contributed by atoms with Gasteiger partial charge in [-0.05, 0) is 70.1 Å². The largest absolute Gasteiger partial charge is 0.468 e. The number of primary amides is 1. The van der Waals surface area contributed by atoms with Gasteiger partial charge in [0.2, 0.25) is 17.7 Å². The summed E-state index contributed by atoms with van der Waals surface area (Å²) in [4.78, 5) is 65.7. The van der Waals surface area contributed by atoms with Crippen molar-refractivity contribution in [2.24, 2.45) is 11.7 Å². The topological polar surface area (TPSA) is 157 Å². The number of nitrogens with two attached hydrogens (primary N) is 1. The van der Waals surface area contributed by atoms with Crippen LogP contribution in [0.2, 0.25) is 0 Å². The Morgan fingerprint density at radius 1 is 1.07 bits per heavy atom. The number of hydrogen-bond acceptors (Lipinski definition) is 7. The van der Waals surface area contributed by atoms with E-state index >= 15 is 0 Å². The summed E-state index contributed by atoms with van der Waals surface area (Å²) in [5, 5.41) is 5.14. The second kappa shape index (κ2) is 16.4. The first-order valence-corrected chi connectivity index (χ1v) is 13.8. The molecule has 1 aromatic rings. The SMILES string of the molecule is C=Cc1cccc(C(C(=O)NCC(=O)OC)N(C(=O)C(CCC(N)=O)NC(=O)OC(C)(C)C)C(C)CCC(C)C)c1. The molecule has 1 aromatic carbocycles. The number of carbonyl (C=O) groups is 5. The van der Waals surface area contributed by atoms with Crippen molar-refractivity contribution in [3.05, 3.63) is 42.0 Å². The fraction of sp³-hybridized carbons (Fsp3) is 0.567. The summed E-state index contributed by atoms with van der Waals surface area (Å²) >= 11 is 0. The highest BCUT2D eigenvalue weighted by atomic mass is 16.6. The van der Waals surface area contributed by atoms with Crippen LogP contribution in [0.1, 0.15) is 84.4 Å². The molecule has 11 heteroatoms. The fourth-order valence-corrected chi connectivity index (χ4v) is 4.11. The van der Waals surface area contributed by atoms with Crippen LogP contribution in [-0.2, 0) is 28.7 Å². The highest BCUT2D eigenvalue weighted by molar-refractivity contribution is 5.93. The minimum absolute atomic E-state index is 0.107. The first-order chi connectivity index (χ1) is 19.1. The lowest BCUT2D eigenvalue weighted by Gasteiger charge is -2.39. The summed E-state index contributed by atoms with van der Waals surface area (Å²) in [6.07, 6.45) is 1.76. The quantitative estimate of drug-likeness (QED) is 0.271. The molecule has 3 unspecified atom stereocenters. The van der Waals surface area contributed by atoms with Crippen molar-refractivity contribution in [3.63, 3.8) is 0 Å². The van der Waals surface area contributed by atoms with Crippen molar-refractivity contribution in [1.82, 2.24) is 15.5 Å². The Hall–Kier alpha value is -3.89. The number of carbonyl (C=O) groups excluding carboxylic acids is 5. The highest BCUT2D eigenvalue weighted by Crippen LogP contribution is 2.29. The monoisotopic (exact) mass is 574 g/mol. The van der Waals surface area contributed by atoms with E-state index in [1.807, 2.05) is 20.8 Å². The zero-order chi connectivity index (χ0) is 31.3. The highest BCUT2D eigenvalue weighted by Gasteiger charge is 2.39. The Morgan fingerprint density at radius 3 is 2.27 bits per heavy atom. The van der Waals surface area contributed by atoms with Gasteiger partial charge in [-0.1, -0.05) is 44.7 Å². The van der Waals surface area contributed by atoms with Crippen LogP contribution in [0.4, 0.5) is 4.79 Å². The van der Waals surface area contributed by atoms with E-state index in [1.54, 1.807) is 51.1 Å². The molecule has 228 valence electrons. The summed E-state index contributed by atoms with van der Waals surface area (Å²) < 4.78 is 10.0. The van der Waals surface area contributed by atoms with Gasteiger partial charge >= 0.3 is 12.1 Å². The predicted octanol–water partition coefficient (Wildman–Crippen LogP) is 3.47. The number of rotatable bonds is 15. The second-order valence-electron chi connectivity index (χ2n) is 11.3. The number of nitrogens with one attached hydrogen (secondary N) is 2. The Labute approximate surface area is 243 Å². The van der Waals surface area contributed by atoms with Crippen LogP contribution in [0.5, 0.6) is 0 Å². The maximum atomic E-state index is 14.3. The summed E-state index contributed by atoms with van der Waals surface area (Å²) in [5.74, 6) is -2.22. The fourth-order valence-electron chi connectivity index (χ4n) is 4.11. The summed E-state index contributed by atoms with van der Waals surface area (Å²) in [6, 6.07) is 4.06. The number of hydrogen-bond donors (Lipinski definition) is 3. The van der Waals surface area contributed by atoms with Gasteiger partial charge in [-0.25, -0.2) is 4.79 Å². The standard InChI is InChI=1S/C30H46N4O7/c1-9-21-11-10-12-22(17-21)26(27(37)32-18-25(36)40-8)34(20(4)14-13-19(2)3)28(38)23(15-16-24(31)35)33-29(39)41-30(5,6)7/h9-12,17,19-20,23,26H,1,13-16,18H2,2-8H3,(H2,31,35)(H,32,37)(H,33,39). The molecule has 0 spiro atoms. The minimum atomic E-state index is -1.22. The van der Waals surface area contributed by atoms with Gasteiger partial charge in [0.15, 0.2) is 0 Å². The predicted molar refractivity (Wildman–Crippen MR) is 156 cm³/mol. The molecule has 41 heavy (non-hydrogen) atoms. The average Bonchev–Trinajstić information content (AvgIpc) is 2.89. The molecule has 0 saturated heterocycles. The van der Waals surface area contributed by atoms with Crippen molar-refractivity contribution >= 4 is 35.9 Å². The van der Waals surface area contributed by atoms with E-state index in [0.29, 0.717) is 23.5 Å². The molecule has 4 amide bonds. The third-order valence-corrected chi connectivity index (χ3v) is 6.18. The summed E-state index contributed by atoms with van der Waals surface area (Å²) in [6.45, 7) is 14.3. The lowest BCUT2D eigenvalue weighted by atomic mass is 9.95. The van der Waals surface area contributed by atoms with Crippen LogP contribution in [0.3, 0.4) is 0 Å². The molecule has 0 bridgehead atoms. The molecule has 0 radical (unpaired) electrons. The number of ether oxygens (including phenoxy) is 2. The molecule has 0 saturated carbocycles. The average molecular weight is 575 g/mol. The van der Waals surface area contributed by atoms with Gasteiger partial charge in [0.05, 0.1) is 7.11 Å². The van der Waals surface area contributed by atoms with Gasteiger partial charge in [0.1, 0.15) is 24.2 Å². The third-order valence-electron chi connectivity index (χ3n) is 6.18. The van der Waals surface area contributed by atoms with Crippen LogP contribution in [0, 0.1) is 5.92 Å². The van der Waals surface area contributed by atoms with Gasteiger partial charge in [-0.2, -0.15) is 0 Å². The smallest absolute Gasteiger partial charge is 0.408 e. The Kier molecular flexibility index (Phi) is 14.0. The lowest BCUT2D eigenvalue weighted by Crippen LogP contribution is -2.56. The maximum Gasteiger partial charge on any atom is 0.408 e. The van der Waals surface area contributed by atoms with E-state index < -0.39 is 60.1 Å². The van der Waals surface area contributed by atoms with Gasteiger partial charge in [-0.15, -0.1) is 0 Å². The van der Waals surface area contributed by atoms with Crippen LogP contribution in [-0.4, -0.2) is 66.0 Å². The van der Waals surface area contributed by atoms with E-state index in [4.69, 9.17) is 10.5 Å². The van der Waals surface area contributed by atoms with Crippen molar-refractivity contribution < 1.29 is 33.4 Å². The lowest BCUT2D eigenvalue weighted by molar-refractivity contribution is -0.146. The van der Waals surface area contributed by atoms with Crippen molar-refractivity contribution in [2.45, 2.75) is 91.0 Å². The van der Waals surface area contributed by atoms with Crippen molar-refractivity contribution in [1.29, 1.82) is 0 Å². The molecular formula is C30H46N4O7. The van der Waals surface area contributed by atoms with Gasteiger partial charge in [0.25, 0.3) is 0 Å². The molecule has 1 rings (SSSR count). The van der Waals surface area contributed by atoms with E-state index in [1.165, 1.54) is 12.0 Å². The normalized spacial score (nSPS) is 13.4. The first kappa shape index (κ1) is 35.1. The van der Waals surface area contributed by atoms with Gasteiger partial charge in [-0.3, -0.25) is 19.2 Å². The zero-order valence-corrected chi connectivity index (χ0v) is 25.3. The second-order valence-corrected chi connectivity index (χ2v) is 11.3. The van der Waals surface area contributed by atoms with Gasteiger partial charge in [0, 0.05) is 12.5 Å². The van der Waals surface area contributed by atoms with Crippen LogP contribution < -0.4 is 16.4 Å². The molecule has 3 atom stereocenters. The van der Waals surface area contributed by atoms with E-state index in [0.717, 1.165) is 6.42 Å². The maximum absolute atomic E-state index is 14.3. The van der Waals surface area contributed by atoms with Gasteiger partial charge < -0.3 is 30.7 Å². The summed E-state index contributed by atoms with van der Waals surface area (Å²) in [5.41, 5.74) is 5.73. The van der Waals surface area contributed by atoms with Crippen molar-refractivity contribution in [3.8, 4) is 0 Å². The number of alkyl carbamates (subject to hydrolysis) is 1. The van der Waals surface area contributed by atoms with Crippen molar-refractivity contribution in [2.75, 3.05) is 13.7 Å². The number of nitrogens with zero attached hydrogens (tertiary/aromatic N) is 1. The first-order valence-electron chi connectivity index (χ1n) is 13.8. The Bertz CT molecular complexity index is 1080. The number of esters is 1. The molecule has 0 aliphatic heterocycles. The Balaban J connectivity index is 3.70. The zero-order valence-electron chi connectivity index (χ0n) is 25.3. The van der Waals surface area contributed by atoms with Crippen LogP contribution in [0.25, 0.3) is 6.08 Å². The molecule has 0 fully saturated rings. The van der Waals surface area contributed by atoms with Crippen LogP contribution >= 0.6 is 0 Å². The minimum Gasteiger partial charge on any atom is -0.468 e. The molecule has 0 aromatic heterocycles. The Morgan fingerprint density at radius 2 is 1.73 bits per heavy atom. The molecule has 0 heterocycles. The van der Waals surface area contributed by atoms with E-state index in [9.17, 15) is 24.0 Å². The molecule has 11 nitrogen and oxygen atoms in total. The number of methoxy groups -OCH3 is 1. The van der Waals surface area contributed by atoms with Crippen LogP contribution in [0.15, 0.2) is 30.8 Å². The molecule has 0 aliphatic rings. The molecule has 4 N–H and O–H groups in total. The molecular weight excluding hydrogens is 528 g/mol.